The van der Waals surface area contributed by atoms with Gasteiger partial charge in [-0.3, -0.25) is 10.1 Å². The lowest BCUT2D eigenvalue weighted by Gasteiger charge is -2.10. The molecule has 0 fully saturated rings. The summed E-state index contributed by atoms with van der Waals surface area (Å²) in [7, 11) is 1.73. The van der Waals surface area contributed by atoms with E-state index in [1.165, 1.54) is 0 Å². The van der Waals surface area contributed by atoms with Crippen LogP contribution in [0.1, 0.15) is 78.1 Å². The number of aryl methyl sites for hydroxylation is 3. The molecule has 0 radical (unpaired) electrons. The fraction of sp³-hybridized carbons (Fsp3) is 0.286. The van der Waals surface area contributed by atoms with Crippen LogP contribution in [0.4, 0.5) is 0 Å². The Bertz CT molecular complexity index is 1890. The molecule has 3 aromatic heterocycles. The third-order valence-corrected chi connectivity index (χ3v) is 8.63. The molecule has 0 aliphatic carbocycles. The van der Waals surface area contributed by atoms with Gasteiger partial charge in [-0.2, -0.15) is 0 Å². The van der Waals surface area contributed by atoms with Gasteiger partial charge in [-0.05, 0) is 112 Å². The fourth-order valence-electron chi connectivity index (χ4n) is 5.96. The number of allylic oxidation sites excluding steroid dienone is 5. The van der Waals surface area contributed by atoms with Crippen LogP contribution in [0.2, 0.25) is 0 Å². The van der Waals surface area contributed by atoms with E-state index in [0.717, 1.165) is 89.4 Å². The highest BCUT2D eigenvalue weighted by atomic mass is 16.4. The van der Waals surface area contributed by atoms with E-state index >= 15 is 0 Å². The van der Waals surface area contributed by atoms with Crippen molar-refractivity contribution in [1.29, 1.82) is 0 Å². The van der Waals surface area contributed by atoms with E-state index in [4.69, 9.17) is 9.97 Å². The predicted octanol–water partition coefficient (Wildman–Crippen LogP) is 6.96. The minimum Gasteiger partial charge on any atom is -0.481 e. The van der Waals surface area contributed by atoms with Crippen LogP contribution in [-0.2, 0) is 11.2 Å². The average molecular weight is 578 g/mol. The van der Waals surface area contributed by atoms with E-state index in [1.807, 2.05) is 44.2 Å². The Morgan fingerprint density at radius 2 is 1.47 bits per heavy atom. The second kappa shape index (κ2) is 12.0. The first-order valence-electron chi connectivity index (χ1n) is 14.5. The first-order valence-corrected chi connectivity index (χ1v) is 14.5. The lowest BCUT2D eigenvalue weighted by molar-refractivity contribution is -0.136. The summed E-state index contributed by atoms with van der Waals surface area (Å²) in [5, 5.41) is 22.7. The van der Waals surface area contributed by atoms with Gasteiger partial charge in [-0.15, -0.1) is 0 Å². The Kier molecular flexibility index (Phi) is 8.35. The van der Waals surface area contributed by atoms with Crippen LogP contribution in [0.3, 0.4) is 0 Å². The number of aromatic nitrogens is 4. The zero-order chi connectivity index (χ0) is 31.0. The molecule has 1 atom stereocenters. The van der Waals surface area contributed by atoms with Crippen LogP contribution in [0.25, 0.3) is 50.4 Å². The highest BCUT2D eigenvalue weighted by molar-refractivity contribution is 5.98. The molecule has 0 saturated heterocycles. The van der Waals surface area contributed by atoms with Crippen LogP contribution in [0.15, 0.2) is 43.5 Å². The van der Waals surface area contributed by atoms with E-state index < -0.39 is 12.2 Å². The number of nitrogens with one attached hydrogen (secondary N) is 3. The van der Waals surface area contributed by atoms with Crippen molar-refractivity contribution in [3.8, 4) is 0 Å². The molecule has 222 valence electrons. The number of hydrogen-bond donors (Lipinski definition) is 5. The number of carboxylic acids is 1. The number of carbonyl (C=O) groups is 1. The minimum absolute atomic E-state index is 0.0112. The molecule has 2 aliphatic heterocycles. The summed E-state index contributed by atoms with van der Waals surface area (Å²) in [4.78, 5) is 28.8. The van der Waals surface area contributed by atoms with Gasteiger partial charge >= 0.3 is 5.97 Å². The second-order valence-corrected chi connectivity index (χ2v) is 11.2. The smallest absolute Gasteiger partial charge is 0.303 e. The number of hydrogen-bond acceptors (Lipinski definition) is 5. The van der Waals surface area contributed by atoms with Crippen molar-refractivity contribution < 1.29 is 15.0 Å². The van der Waals surface area contributed by atoms with Gasteiger partial charge in [0.15, 0.2) is 0 Å². The van der Waals surface area contributed by atoms with Crippen molar-refractivity contribution in [3.63, 3.8) is 0 Å². The van der Waals surface area contributed by atoms with Gasteiger partial charge in [-0.1, -0.05) is 25.3 Å². The molecular weight excluding hydrogens is 538 g/mol. The van der Waals surface area contributed by atoms with Gasteiger partial charge in [0.1, 0.15) is 6.23 Å². The van der Waals surface area contributed by atoms with Crippen LogP contribution in [-0.4, -0.2) is 49.4 Å². The van der Waals surface area contributed by atoms with Crippen LogP contribution >= 0.6 is 0 Å². The van der Waals surface area contributed by atoms with Crippen molar-refractivity contribution in [3.05, 3.63) is 88.5 Å². The van der Waals surface area contributed by atoms with E-state index in [1.54, 1.807) is 7.05 Å². The zero-order valence-electron chi connectivity index (χ0n) is 25.5. The highest BCUT2D eigenvalue weighted by Crippen LogP contribution is 2.36. The maximum Gasteiger partial charge on any atom is 0.303 e. The molecule has 0 amide bonds. The number of aromatic amines is 2. The molecule has 5 rings (SSSR count). The Labute approximate surface area is 251 Å². The van der Waals surface area contributed by atoms with Crippen molar-refractivity contribution in [2.45, 2.75) is 59.6 Å². The molecule has 0 spiro atoms. The summed E-state index contributed by atoms with van der Waals surface area (Å²) in [5.41, 5.74) is 14.8. The zero-order valence-corrected chi connectivity index (χ0v) is 25.5. The van der Waals surface area contributed by atoms with Gasteiger partial charge in [0.05, 0.1) is 22.8 Å². The summed E-state index contributed by atoms with van der Waals surface area (Å²) in [6.07, 6.45) is 4.57. The molecule has 1 unspecified atom stereocenters. The normalized spacial score (nSPS) is 13.9. The number of aliphatic hydroxyl groups excluding tert-OH is 1. The van der Waals surface area contributed by atoms with Gasteiger partial charge in [0, 0.05) is 39.6 Å². The monoisotopic (exact) mass is 577 g/mol. The van der Waals surface area contributed by atoms with Crippen LogP contribution in [0, 0.1) is 13.8 Å². The number of carboxylic acid groups (broad SMARTS) is 1. The van der Waals surface area contributed by atoms with Crippen molar-refractivity contribution in [2.24, 2.45) is 0 Å². The first kappa shape index (κ1) is 29.9. The standard InChI is InChI=1S/C35H39N5O3/c1-8-22-18(3)26-14-27-20(5)24(10-12-34(41)36-7)32(39-27)17-33-25(11-13-35(42)43)21(6)29(40-33)16-31-23(9-2)19(4)28(38-31)15-30(22)37-26/h8-9,14-17,34,36-37,40-41H,1-2,10-13H2,3-7H3,(H,42,43). The lowest BCUT2D eigenvalue weighted by Crippen LogP contribution is -2.24. The second-order valence-electron chi connectivity index (χ2n) is 11.2. The third-order valence-electron chi connectivity index (χ3n) is 8.63. The van der Waals surface area contributed by atoms with Crippen LogP contribution < -0.4 is 5.32 Å². The maximum absolute atomic E-state index is 11.6. The molecule has 3 aromatic rings. The Balaban J connectivity index is 1.91. The molecule has 8 bridgehead atoms. The Hall–Kier alpha value is -4.53. The topological polar surface area (TPSA) is 127 Å². The van der Waals surface area contributed by atoms with Gasteiger partial charge in [0.25, 0.3) is 0 Å². The number of aliphatic hydroxyl groups is 1. The van der Waals surface area contributed by atoms with Gasteiger partial charge in [0.2, 0.25) is 0 Å². The number of H-pyrrole nitrogens is 2. The lowest BCUT2D eigenvalue weighted by atomic mass is 10.00. The van der Waals surface area contributed by atoms with Crippen LogP contribution in [0.5, 0.6) is 0 Å². The molecule has 0 saturated carbocycles. The minimum atomic E-state index is -0.849. The molecule has 8 nitrogen and oxygen atoms in total. The van der Waals surface area contributed by atoms with Gasteiger partial charge in [-0.25, -0.2) is 9.97 Å². The van der Waals surface area contributed by atoms with E-state index in [9.17, 15) is 15.0 Å². The Morgan fingerprint density at radius 1 is 0.860 bits per heavy atom. The van der Waals surface area contributed by atoms with Crippen molar-refractivity contribution >= 4 is 56.4 Å². The van der Waals surface area contributed by atoms with Crippen molar-refractivity contribution in [1.82, 2.24) is 25.3 Å². The third kappa shape index (κ3) is 5.63. The molecule has 43 heavy (non-hydrogen) atoms. The molecule has 2 aliphatic rings. The van der Waals surface area contributed by atoms with Crippen molar-refractivity contribution in [2.75, 3.05) is 7.05 Å². The SMILES string of the molecule is C=CC1=C(C)c2cc3[nH]c(cc4nc(cc5[nH]c(cc1n2)c(C)c5CCC(=O)O)C(CCC(O)NC)=C4C)c(C)c3C=C. The molecule has 0 aromatic carbocycles. The molecule has 5 N–H and O–H groups in total. The highest BCUT2D eigenvalue weighted by Gasteiger charge is 2.21. The Morgan fingerprint density at radius 3 is 2.14 bits per heavy atom. The summed E-state index contributed by atoms with van der Waals surface area (Å²) < 4.78 is 0. The van der Waals surface area contributed by atoms with Gasteiger partial charge < -0.3 is 20.2 Å². The van der Waals surface area contributed by atoms with E-state index in [2.05, 4.69) is 48.4 Å². The summed E-state index contributed by atoms with van der Waals surface area (Å²) in [6.45, 7) is 16.3. The van der Waals surface area contributed by atoms with E-state index in [0.29, 0.717) is 19.3 Å². The summed E-state index contributed by atoms with van der Waals surface area (Å²) >= 11 is 0. The molecule has 8 heteroatoms. The maximum atomic E-state index is 11.6. The number of rotatable bonds is 9. The fourth-order valence-corrected chi connectivity index (χ4v) is 5.96. The first-order chi connectivity index (χ1) is 20.6. The largest absolute Gasteiger partial charge is 0.481 e. The summed E-state index contributed by atoms with van der Waals surface area (Å²) in [5.74, 6) is -0.849. The van der Waals surface area contributed by atoms with E-state index in [-0.39, 0.29) is 6.42 Å². The molecule has 5 heterocycles. The number of aliphatic carboxylic acids is 1. The predicted molar refractivity (Wildman–Crippen MR) is 176 cm³/mol. The average Bonchev–Trinajstić information content (AvgIpc) is 3.63. The molecular formula is C35H39N5O3. The summed E-state index contributed by atoms with van der Waals surface area (Å²) in [6, 6.07) is 8.13. The number of fused-ring (bicyclic) bond motifs is 8. The number of nitrogens with zero attached hydrogens (tertiary/aromatic N) is 2. The quantitative estimate of drug-likeness (QED) is 0.175.